The Bertz CT molecular complexity index is 727. The zero-order chi connectivity index (χ0) is 18.4. The predicted octanol–water partition coefficient (Wildman–Crippen LogP) is 3.42. The molecule has 0 amide bonds. The Labute approximate surface area is 177 Å². The first-order valence-electron chi connectivity index (χ1n) is 8.91. The lowest BCUT2D eigenvalue weighted by Crippen LogP contribution is -2.51. The number of hydrogen-bond acceptors (Lipinski definition) is 3. The van der Waals surface area contributed by atoms with E-state index < -0.39 is 0 Å². The zero-order valence-corrected chi connectivity index (χ0v) is 18.0. The van der Waals surface area contributed by atoms with Gasteiger partial charge >= 0.3 is 0 Å². The second-order valence-electron chi connectivity index (χ2n) is 6.48. The van der Waals surface area contributed by atoms with Crippen LogP contribution in [0.2, 0.25) is 0 Å². The van der Waals surface area contributed by atoms with Gasteiger partial charge in [-0.15, -0.1) is 24.0 Å². The van der Waals surface area contributed by atoms with Crippen molar-refractivity contribution in [2.75, 3.05) is 26.7 Å². The van der Waals surface area contributed by atoms with Crippen LogP contribution in [0.4, 0.5) is 4.39 Å². The summed E-state index contributed by atoms with van der Waals surface area (Å²) in [5, 5.41) is 3.42. The van der Waals surface area contributed by atoms with Gasteiger partial charge in [0.15, 0.2) is 5.96 Å². The summed E-state index contributed by atoms with van der Waals surface area (Å²) in [4.78, 5) is 10.8. The minimum atomic E-state index is -0.234. The van der Waals surface area contributed by atoms with Crippen molar-refractivity contribution in [1.82, 2.24) is 15.2 Å². The summed E-state index contributed by atoms with van der Waals surface area (Å²) in [6, 6.07) is 10.5. The van der Waals surface area contributed by atoms with Gasteiger partial charge in [-0.05, 0) is 42.7 Å². The molecule has 146 valence electrons. The Kier molecular flexibility index (Phi) is 8.43. The molecule has 2 aromatic rings. The number of hydrogen-bond donors (Lipinski definition) is 1. The minimum Gasteiger partial charge on any atom is -0.367 e. The molecule has 1 aromatic carbocycles. The minimum absolute atomic E-state index is 0. The van der Waals surface area contributed by atoms with Crippen molar-refractivity contribution in [3.8, 4) is 0 Å². The van der Waals surface area contributed by atoms with Gasteiger partial charge in [-0.1, -0.05) is 18.2 Å². The topological polar surface area (TPSA) is 49.8 Å². The molecule has 1 aliphatic rings. The smallest absolute Gasteiger partial charge is 0.193 e. The molecular weight excluding hydrogens is 458 g/mol. The predicted molar refractivity (Wildman–Crippen MR) is 116 cm³/mol. The molecule has 5 nitrogen and oxygen atoms in total. The van der Waals surface area contributed by atoms with Crippen molar-refractivity contribution in [3.63, 3.8) is 0 Å². The number of morpholine rings is 1. The summed E-state index contributed by atoms with van der Waals surface area (Å²) in [5.74, 6) is 0.624. The van der Waals surface area contributed by atoms with Gasteiger partial charge in [-0.3, -0.25) is 9.98 Å². The van der Waals surface area contributed by atoms with Crippen LogP contribution in [0.5, 0.6) is 0 Å². The molecule has 27 heavy (non-hydrogen) atoms. The lowest BCUT2D eigenvalue weighted by molar-refractivity contribution is -0.0604. The van der Waals surface area contributed by atoms with E-state index in [9.17, 15) is 4.39 Å². The van der Waals surface area contributed by atoms with Crippen LogP contribution in [0, 0.1) is 5.82 Å². The highest BCUT2D eigenvalue weighted by molar-refractivity contribution is 14.0. The quantitative estimate of drug-likeness (QED) is 0.411. The number of halogens is 2. The number of pyridine rings is 1. The maximum absolute atomic E-state index is 13.2. The van der Waals surface area contributed by atoms with Gasteiger partial charge < -0.3 is 15.0 Å². The summed E-state index contributed by atoms with van der Waals surface area (Å²) in [6.45, 7) is 4.28. The van der Waals surface area contributed by atoms with E-state index >= 15 is 0 Å². The molecule has 0 spiro atoms. The van der Waals surface area contributed by atoms with E-state index in [0.717, 1.165) is 31.0 Å². The van der Waals surface area contributed by atoms with Gasteiger partial charge in [-0.25, -0.2) is 4.39 Å². The average molecular weight is 484 g/mol. The van der Waals surface area contributed by atoms with E-state index in [-0.39, 0.29) is 42.0 Å². The molecule has 2 atom stereocenters. The largest absolute Gasteiger partial charge is 0.367 e. The number of nitrogens with zero attached hydrogens (tertiary/aromatic N) is 3. The van der Waals surface area contributed by atoms with Crippen LogP contribution in [0.1, 0.15) is 24.2 Å². The van der Waals surface area contributed by atoms with Crippen LogP contribution in [-0.2, 0) is 11.2 Å². The van der Waals surface area contributed by atoms with Crippen molar-refractivity contribution in [3.05, 3.63) is 65.7 Å². The van der Waals surface area contributed by atoms with Crippen LogP contribution in [0.3, 0.4) is 0 Å². The maximum Gasteiger partial charge on any atom is 0.193 e. The number of guanidine groups is 1. The number of aromatic nitrogens is 1. The van der Waals surface area contributed by atoms with Gasteiger partial charge in [-0.2, -0.15) is 0 Å². The van der Waals surface area contributed by atoms with Crippen LogP contribution in [0.25, 0.3) is 0 Å². The fourth-order valence-electron chi connectivity index (χ4n) is 3.18. The Morgan fingerprint density at radius 3 is 2.74 bits per heavy atom. The molecule has 2 unspecified atom stereocenters. The molecule has 1 fully saturated rings. The Morgan fingerprint density at radius 2 is 2.07 bits per heavy atom. The first-order valence-corrected chi connectivity index (χ1v) is 8.91. The van der Waals surface area contributed by atoms with Crippen LogP contribution in [-0.4, -0.2) is 48.6 Å². The van der Waals surface area contributed by atoms with E-state index in [4.69, 9.17) is 4.74 Å². The van der Waals surface area contributed by atoms with Crippen molar-refractivity contribution < 1.29 is 9.13 Å². The van der Waals surface area contributed by atoms with Crippen molar-refractivity contribution in [2.45, 2.75) is 25.6 Å². The summed E-state index contributed by atoms with van der Waals surface area (Å²) >= 11 is 0. The highest BCUT2D eigenvalue weighted by atomic mass is 127. The fourth-order valence-corrected chi connectivity index (χ4v) is 3.18. The van der Waals surface area contributed by atoms with Gasteiger partial charge in [0.1, 0.15) is 11.9 Å². The number of benzene rings is 1. The Balaban J connectivity index is 0.00000261. The number of ether oxygens (including phenoxy) is 1. The second-order valence-corrected chi connectivity index (χ2v) is 6.48. The summed E-state index contributed by atoms with van der Waals surface area (Å²) in [6.07, 6.45) is 4.51. The van der Waals surface area contributed by atoms with E-state index in [1.165, 1.54) is 17.7 Å². The lowest BCUT2D eigenvalue weighted by atomic mass is 10.1. The summed E-state index contributed by atoms with van der Waals surface area (Å²) in [7, 11) is 1.79. The normalized spacial score (nSPS) is 20.1. The third kappa shape index (κ3) is 6.14. The fraction of sp³-hybridized carbons (Fsp3) is 0.400. The summed E-state index contributed by atoms with van der Waals surface area (Å²) < 4.78 is 19.2. The second kappa shape index (κ2) is 10.6. The highest BCUT2D eigenvalue weighted by Gasteiger charge is 2.28. The van der Waals surface area contributed by atoms with Gasteiger partial charge in [0.25, 0.3) is 0 Å². The molecule has 0 radical (unpaired) electrons. The van der Waals surface area contributed by atoms with E-state index in [1.807, 2.05) is 19.2 Å². The number of rotatable bonds is 4. The molecule has 1 aromatic heterocycles. The van der Waals surface area contributed by atoms with Crippen molar-refractivity contribution in [2.24, 2.45) is 4.99 Å². The third-order valence-corrected chi connectivity index (χ3v) is 4.43. The van der Waals surface area contributed by atoms with E-state index in [0.29, 0.717) is 6.54 Å². The molecule has 2 heterocycles. The Morgan fingerprint density at radius 1 is 1.30 bits per heavy atom. The standard InChI is InChI=1S/C20H25FN4O.HI/c1-15-13-25(14-19(26-15)17-5-7-18(21)8-6-17)20(22-2)24-11-9-16-4-3-10-23-12-16;/h3-8,10,12,15,19H,9,11,13-14H2,1-2H3,(H,22,24);1H. The molecule has 3 rings (SSSR count). The number of nitrogens with one attached hydrogen (secondary N) is 1. The molecule has 0 aliphatic carbocycles. The molecule has 1 N–H and O–H groups in total. The zero-order valence-electron chi connectivity index (χ0n) is 15.6. The van der Waals surface area contributed by atoms with Gasteiger partial charge in [0, 0.05) is 32.5 Å². The van der Waals surface area contributed by atoms with E-state index in [2.05, 4.69) is 26.3 Å². The number of aliphatic imine (C=N–C) groups is 1. The lowest BCUT2D eigenvalue weighted by Gasteiger charge is -2.38. The maximum atomic E-state index is 13.2. The van der Waals surface area contributed by atoms with Gasteiger partial charge in [0.05, 0.1) is 12.6 Å². The SMILES string of the molecule is CN=C(NCCc1cccnc1)N1CC(C)OC(c2ccc(F)cc2)C1.I. The first-order chi connectivity index (χ1) is 12.7. The van der Waals surface area contributed by atoms with Gasteiger partial charge in [0.2, 0.25) is 0 Å². The molecular formula is C20H26FIN4O. The van der Waals surface area contributed by atoms with Crippen LogP contribution < -0.4 is 5.32 Å². The molecule has 0 saturated carbocycles. The monoisotopic (exact) mass is 484 g/mol. The van der Waals surface area contributed by atoms with Crippen LogP contribution in [0.15, 0.2) is 53.8 Å². The van der Waals surface area contributed by atoms with Crippen molar-refractivity contribution >= 4 is 29.9 Å². The van der Waals surface area contributed by atoms with E-state index in [1.54, 1.807) is 25.4 Å². The molecule has 7 heteroatoms. The average Bonchev–Trinajstić information content (AvgIpc) is 2.66. The van der Waals surface area contributed by atoms with Crippen LogP contribution >= 0.6 is 24.0 Å². The third-order valence-electron chi connectivity index (χ3n) is 4.43. The Hall–Kier alpha value is -1.74. The molecule has 0 bridgehead atoms. The highest BCUT2D eigenvalue weighted by Crippen LogP contribution is 2.25. The first kappa shape index (κ1) is 21.6. The van der Waals surface area contributed by atoms with Crippen molar-refractivity contribution in [1.29, 1.82) is 0 Å². The molecule has 1 saturated heterocycles. The molecule has 1 aliphatic heterocycles. The summed E-state index contributed by atoms with van der Waals surface area (Å²) in [5.41, 5.74) is 2.17.